The monoisotopic (exact) mass is 388 g/mol. The third-order valence-corrected chi connectivity index (χ3v) is 6.22. The molecule has 29 heavy (non-hydrogen) atoms. The molecule has 0 aliphatic carbocycles. The maximum Gasteiger partial charge on any atom is 1.00 e. The fourth-order valence-corrected chi connectivity index (χ4v) is 4.44. The zero-order valence-corrected chi connectivity index (χ0v) is 19.8. The molecule has 2 aromatic rings. The average Bonchev–Trinajstić information content (AvgIpc) is 2.73. The molecule has 158 valence electrons. The maximum atomic E-state index is 2.43. The van der Waals surface area contributed by atoms with E-state index in [1.54, 1.807) is 11.1 Å². The van der Waals surface area contributed by atoms with Gasteiger partial charge in [-0.2, -0.15) is 0 Å². The van der Waals surface area contributed by atoms with Crippen LogP contribution in [-0.4, -0.2) is 0 Å². The summed E-state index contributed by atoms with van der Waals surface area (Å²) in [5.74, 6) is 0. The van der Waals surface area contributed by atoms with E-state index in [0.29, 0.717) is 0 Å². The SMILES string of the molecule is CCCCCCCCCc1ccc2ccccc2c1CCCCCCCCC.[H-].[Li+]. The second-order valence-electron chi connectivity index (χ2n) is 8.67. The van der Waals surface area contributed by atoms with Crippen molar-refractivity contribution < 1.29 is 20.3 Å². The Morgan fingerprint density at radius 3 is 1.69 bits per heavy atom. The minimum absolute atomic E-state index is 0. The molecule has 0 fully saturated rings. The zero-order chi connectivity index (χ0) is 19.9. The summed E-state index contributed by atoms with van der Waals surface area (Å²) < 4.78 is 0. The summed E-state index contributed by atoms with van der Waals surface area (Å²) in [5, 5.41) is 2.93. The smallest absolute Gasteiger partial charge is 1.00 e. The van der Waals surface area contributed by atoms with Gasteiger partial charge in [-0.25, -0.2) is 0 Å². The van der Waals surface area contributed by atoms with Gasteiger partial charge in [0, 0.05) is 0 Å². The van der Waals surface area contributed by atoms with Crippen LogP contribution in [0, 0.1) is 0 Å². The summed E-state index contributed by atoms with van der Waals surface area (Å²) in [7, 11) is 0. The molecule has 0 radical (unpaired) electrons. The minimum atomic E-state index is 0. The summed E-state index contributed by atoms with van der Waals surface area (Å²) in [6, 6.07) is 13.8. The van der Waals surface area contributed by atoms with E-state index >= 15 is 0 Å². The van der Waals surface area contributed by atoms with Crippen LogP contribution in [0.15, 0.2) is 36.4 Å². The van der Waals surface area contributed by atoms with Crippen molar-refractivity contribution in [2.45, 2.75) is 117 Å². The summed E-state index contributed by atoms with van der Waals surface area (Å²) in [6.45, 7) is 4.60. The molecule has 2 aromatic carbocycles. The molecule has 0 nitrogen and oxygen atoms in total. The topological polar surface area (TPSA) is 0 Å². The largest absolute Gasteiger partial charge is 1.00 e. The van der Waals surface area contributed by atoms with Crippen molar-refractivity contribution >= 4 is 10.8 Å². The van der Waals surface area contributed by atoms with Crippen molar-refractivity contribution in [3.63, 3.8) is 0 Å². The molecule has 0 aromatic heterocycles. The molecule has 0 aliphatic heterocycles. The Labute approximate surface area is 194 Å². The second-order valence-corrected chi connectivity index (χ2v) is 8.67. The van der Waals surface area contributed by atoms with Gasteiger partial charge in [0.1, 0.15) is 0 Å². The van der Waals surface area contributed by atoms with Crippen molar-refractivity contribution in [3.8, 4) is 0 Å². The van der Waals surface area contributed by atoms with Crippen molar-refractivity contribution in [1.29, 1.82) is 0 Å². The predicted molar refractivity (Wildman–Crippen MR) is 128 cm³/mol. The molecular formula is C28H45Li. The van der Waals surface area contributed by atoms with Gasteiger partial charge in [-0.1, -0.05) is 127 Å². The number of rotatable bonds is 16. The fraction of sp³-hybridized carbons (Fsp3) is 0.643. The van der Waals surface area contributed by atoms with Crippen LogP contribution in [0.25, 0.3) is 10.8 Å². The first kappa shape index (κ1) is 26.3. The number of aryl methyl sites for hydroxylation is 2. The molecule has 0 saturated heterocycles. The molecule has 0 spiro atoms. The Kier molecular flexibility index (Phi) is 15.5. The van der Waals surface area contributed by atoms with Crippen molar-refractivity contribution in [3.05, 3.63) is 47.5 Å². The van der Waals surface area contributed by atoms with E-state index in [-0.39, 0.29) is 20.3 Å². The third-order valence-electron chi connectivity index (χ3n) is 6.22. The molecule has 0 heterocycles. The third kappa shape index (κ3) is 10.2. The predicted octanol–water partition coefficient (Wildman–Crippen LogP) is 6.54. The second kappa shape index (κ2) is 17.0. The fourth-order valence-electron chi connectivity index (χ4n) is 4.44. The summed E-state index contributed by atoms with van der Waals surface area (Å²) in [6.07, 6.45) is 22.1. The van der Waals surface area contributed by atoms with Crippen molar-refractivity contribution in [2.75, 3.05) is 0 Å². The first-order valence-corrected chi connectivity index (χ1v) is 12.4. The molecule has 0 unspecified atom stereocenters. The van der Waals surface area contributed by atoms with Crippen LogP contribution >= 0.6 is 0 Å². The number of hydrogen-bond acceptors (Lipinski definition) is 0. The molecular weight excluding hydrogens is 343 g/mol. The Balaban J connectivity index is 0.00000420. The van der Waals surface area contributed by atoms with E-state index in [1.165, 1.54) is 114 Å². The van der Waals surface area contributed by atoms with E-state index in [2.05, 4.69) is 50.2 Å². The van der Waals surface area contributed by atoms with Crippen LogP contribution in [0.3, 0.4) is 0 Å². The van der Waals surface area contributed by atoms with Crippen LogP contribution in [0.4, 0.5) is 0 Å². The average molecular weight is 389 g/mol. The van der Waals surface area contributed by atoms with Crippen molar-refractivity contribution in [1.82, 2.24) is 0 Å². The first-order valence-electron chi connectivity index (χ1n) is 12.4. The molecule has 0 aliphatic rings. The molecule has 0 bridgehead atoms. The molecule has 0 amide bonds. The van der Waals surface area contributed by atoms with Gasteiger partial charge in [0.25, 0.3) is 0 Å². The van der Waals surface area contributed by atoms with E-state index in [4.69, 9.17) is 0 Å². The van der Waals surface area contributed by atoms with Gasteiger partial charge in [-0.05, 0) is 47.6 Å². The molecule has 0 saturated carbocycles. The molecule has 2 rings (SSSR count). The van der Waals surface area contributed by atoms with E-state index in [9.17, 15) is 0 Å². The first-order chi connectivity index (χ1) is 13.9. The van der Waals surface area contributed by atoms with Crippen LogP contribution in [0.1, 0.15) is 116 Å². The normalized spacial score (nSPS) is 11.0. The van der Waals surface area contributed by atoms with Gasteiger partial charge in [-0.3, -0.25) is 0 Å². The molecule has 0 N–H and O–H groups in total. The van der Waals surface area contributed by atoms with Crippen LogP contribution in [0.5, 0.6) is 0 Å². The van der Waals surface area contributed by atoms with Crippen LogP contribution < -0.4 is 18.9 Å². The van der Waals surface area contributed by atoms with Gasteiger partial charge in [0.2, 0.25) is 0 Å². The van der Waals surface area contributed by atoms with E-state index in [1.807, 2.05) is 0 Å². The molecule has 1 heteroatoms. The van der Waals surface area contributed by atoms with E-state index < -0.39 is 0 Å². The summed E-state index contributed by atoms with van der Waals surface area (Å²) in [5.41, 5.74) is 3.27. The van der Waals surface area contributed by atoms with E-state index in [0.717, 1.165) is 0 Å². The number of hydrogen-bond donors (Lipinski definition) is 0. The Bertz CT molecular complexity index is 652. The van der Waals surface area contributed by atoms with Gasteiger partial charge in [0.05, 0.1) is 0 Å². The summed E-state index contributed by atoms with van der Waals surface area (Å²) >= 11 is 0. The quantitative estimate of drug-likeness (QED) is 0.226. The van der Waals surface area contributed by atoms with Gasteiger partial charge in [0.15, 0.2) is 0 Å². The van der Waals surface area contributed by atoms with Gasteiger partial charge < -0.3 is 1.43 Å². The molecule has 0 atom stereocenters. The zero-order valence-electron chi connectivity index (χ0n) is 20.8. The summed E-state index contributed by atoms with van der Waals surface area (Å²) in [4.78, 5) is 0. The van der Waals surface area contributed by atoms with Crippen LogP contribution in [0.2, 0.25) is 0 Å². The Hall–Kier alpha value is -0.703. The minimum Gasteiger partial charge on any atom is -1.00 e. The Morgan fingerprint density at radius 1 is 0.552 bits per heavy atom. The number of fused-ring (bicyclic) bond motifs is 1. The number of unbranched alkanes of at least 4 members (excludes halogenated alkanes) is 12. The van der Waals surface area contributed by atoms with Crippen molar-refractivity contribution in [2.24, 2.45) is 0 Å². The maximum absolute atomic E-state index is 2.43. The van der Waals surface area contributed by atoms with Gasteiger partial charge >= 0.3 is 18.9 Å². The van der Waals surface area contributed by atoms with Gasteiger partial charge in [-0.15, -0.1) is 0 Å². The standard InChI is InChI=1S/C28H44.Li.H/c1-3-5-7-9-11-13-15-19-25-23-24-26-20-17-18-22-28(26)27(25)21-16-14-12-10-8-6-4-2;;/h17-18,20,22-24H,3-16,19,21H2,1-2H3;;/q;+1;-1. The Morgan fingerprint density at radius 2 is 1.07 bits per heavy atom. The van der Waals surface area contributed by atoms with Crippen LogP contribution in [-0.2, 0) is 12.8 Å². The number of benzene rings is 2.